The Labute approximate surface area is 402 Å². The largest absolute Gasteiger partial charge is 0.457 e. The molecule has 4 aliphatic heterocycles. The standard InChI is InChI=1S/C29H35N5O4.C24H27N5O2/c1-29(2,3)38-28(36)33-17-14-19(15-18-33)23-13-16-31-34-25(26(30)35)24(32-27(23)34)20-9-11-22(12-10-20)37-21-7-5-4-6-8-21;25-23(30)22-21(17-6-8-19(9-7-17)31-18-4-2-1-3-5-18)28-24-20(12-15-27-29(22)24)16-10-13-26-14-11-16/h4-12,19,23,31H,13-18H2,1-3H3,(H2,30,35);1-9,16,20,26-27H,10-15H2,(H2,25,30). The molecule has 2 saturated heterocycles. The van der Waals surface area contributed by atoms with E-state index in [1.165, 1.54) is 0 Å². The molecule has 4 aromatic carbocycles. The molecular formula is C53H62N10O6. The fourth-order valence-electron chi connectivity index (χ4n) is 10.0. The second-order valence-electron chi connectivity index (χ2n) is 19.1. The number of primary amides is 2. The van der Waals surface area contributed by atoms with Gasteiger partial charge >= 0.3 is 6.09 Å². The Bertz CT molecular complexity index is 2720. The SMILES string of the molecule is CC(C)(C)OC(=O)N1CCC(C2CCNn3c2nc(-c2ccc(Oc4ccccc4)cc2)c3C(N)=O)CC1.NC(=O)c1c(-c2ccc(Oc3ccccc3)cc2)nc2n1NCCC2C1CCNCC1. The summed E-state index contributed by atoms with van der Waals surface area (Å²) in [6.07, 6.45) is 5.61. The summed E-state index contributed by atoms with van der Waals surface area (Å²) >= 11 is 0. The van der Waals surface area contributed by atoms with Gasteiger partial charge in [-0.2, -0.15) is 0 Å². The Morgan fingerprint density at radius 1 is 0.551 bits per heavy atom. The first-order valence-electron chi connectivity index (χ1n) is 24.1. The molecular weight excluding hydrogens is 873 g/mol. The van der Waals surface area contributed by atoms with Gasteiger partial charge in [0.2, 0.25) is 0 Å². The number of para-hydroxylation sites is 2. The molecule has 3 amide bonds. The number of nitrogens with two attached hydrogens (primary N) is 2. The van der Waals surface area contributed by atoms with E-state index >= 15 is 0 Å². The number of carbonyl (C=O) groups excluding carboxylic acids is 3. The van der Waals surface area contributed by atoms with E-state index in [1.807, 2.05) is 135 Å². The molecule has 2 aromatic heterocycles. The summed E-state index contributed by atoms with van der Waals surface area (Å²) in [6, 6.07) is 34.4. The van der Waals surface area contributed by atoms with Crippen molar-refractivity contribution in [3.8, 4) is 45.5 Å². The van der Waals surface area contributed by atoms with E-state index in [4.69, 9.17) is 35.6 Å². The number of hydrogen-bond acceptors (Lipinski definition) is 11. The second-order valence-corrected chi connectivity index (χ2v) is 19.1. The third-order valence-electron chi connectivity index (χ3n) is 13.3. The number of fused-ring (bicyclic) bond motifs is 2. The van der Waals surface area contributed by atoms with Crippen LogP contribution in [0, 0.1) is 11.8 Å². The summed E-state index contributed by atoms with van der Waals surface area (Å²) in [7, 11) is 0. The van der Waals surface area contributed by atoms with Crippen LogP contribution in [0.1, 0.15) is 104 Å². The summed E-state index contributed by atoms with van der Waals surface area (Å²) in [4.78, 5) is 49.2. The molecule has 2 fully saturated rings. The van der Waals surface area contributed by atoms with Crippen LogP contribution in [0.2, 0.25) is 0 Å². The number of likely N-dealkylation sites (tertiary alicyclic amines) is 1. The molecule has 6 heterocycles. The Kier molecular flexibility index (Phi) is 13.9. The van der Waals surface area contributed by atoms with Crippen molar-refractivity contribution in [2.75, 3.05) is 50.1 Å². The van der Waals surface area contributed by atoms with Crippen LogP contribution in [0.25, 0.3) is 22.5 Å². The highest BCUT2D eigenvalue weighted by Crippen LogP contribution is 2.41. The molecule has 0 radical (unpaired) electrons. The van der Waals surface area contributed by atoms with Gasteiger partial charge < -0.3 is 46.7 Å². The number of benzene rings is 4. The topological polar surface area (TPSA) is 206 Å². The van der Waals surface area contributed by atoms with Gasteiger partial charge in [0.15, 0.2) is 11.4 Å². The van der Waals surface area contributed by atoms with Crippen LogP contribution < -0.4 is 37.1 Å². The number of piperidine rings is 2. The summed E-state index contributed by atoms with van der Waals surface area (Å²) < 4.78 is 21.0. The van der Waals surface area contributed by atoms with Crippen molar-refractivity contribution < 1.29 is 28.6 Å². The zero-order valence-electron chi connectivity index (χ0n) is 39.5. The van der Waals surface area contributed by atoms with Crippen molar-refractivity contribution in [1.29, 1.82) is 0 Å². The van der Waals surface area contributed by atoms with Crippen LogP contribution in [-0.2, 0) is 4.74 Å². The van der Waals surface area contributed by atoms with Crippen LogP contribution in [0.4, 0.5) is 4.79 Å². The number of imidazole rings is 2. The number of nitrogens with zero attached hydrogens (tertiary/aromatic N) is 5. The first-order valence-corrected chi connectivity index (χ1v) is 24.1. The van der Waals surface area contributed by atoms with Crippen LogP contribution in [0.15, 0.2) is 109 Å². The molecule has 7 N–H and O–H groups in total. The molecule has 10 rings (SSSR count). The van der Waals surface area contributed by atoms with E-state index in [0.29, 0.717) is 65.9 Å². The molecule has 0 spiro atoms. The van der Waals surface area contributed by atoms with Crippen molar-refractivity contribution in [3.63, 3.8) is 0 Å². The lowest BCUT2D eigenvalue weighted by Crippen LogP contribution is -2.43. The average Bonchev–Trinajstić information content (AvgIpc) is 3.96. The van der Waals surface area contributed by atoms with E-state index in [1.54, 1.807) is 9.58 Å². The van der Waals surface area contributed by atoms with E-state index in [2.05, 4.69) is 16.2 Å². The molecule has 6 aromatic rings. The van der Waals surface area contributed by atoms with Crippen LogP contribution >= 0.6 is 0 Å². The smallest absolute Gasteiger partial charge is 0.410 e. The maximum atomic E-state index is 12.6. The van der Waals surface area contributed by atoms with Gasteiger partial charge in [-0.1, -0.05) is 36.4 Å². The molecule has 16 heteroatoms. The Balaban J connectivity index is 0.000000175. The van der Waals surface area contributed by atoms with Gasteiger partial charge in [0.05, 0.1) is 0 Å². The van der Waals surface area contributed by atoms with Crippen LogP contribution in [-0.4, -0.2) is 87.0 Å². The third kappa shape index (κ3) is 10.7. The highest BCUT2D eigenvalue weighted by molar-refractivity contribution is 5.98. The molecule has 0 bridgehead atoms. The molecule has 69 heavy (non-hydrogen) atoms. The van der Waals surface area contributed by atoms with Crippen molar-refractivity contribution in [2.24, 2.45) is 23.3 Å². The Hall–Kier alpha value is -7.33. The number of rotatable bonds is 10. The lowest BCUT2D eigenvalue weighted by atomic mass is 9.81. The van der Waals surface area contributed by atoms with Gasteiger partial charge in [0.1, 0.15) is 51.6 Å². The molecule has 16 nitrogen and oxygen atoms in total. The van der Waals surface area contributed by atoms with Crippen LogP contribution in [0.3, 0.4) is 0 Å². The monoisotopic (exact) mass is 934 g/mol. The lowest BCUT2D eigenvalue weighted by Gasteiger charge is -2.38. The zero-order valence-corrected chi connectivity index (χ0v) is 39.5. The molecule has 4 aliphatic rings. The van der Waals surface area contributed by atoms with Gasteiger partial charge in [-0.15, -0.1) is 0 Å². The first-order chi connectivity index (χ1) is 33.4. The molecule has 0 aliphatic carbocycles. The predicted octanol–water partition coefficient (Wildman–Crippen LogP) is 8.59. The van der Waals surface area contributed by atoms with Crippen molar-refractivity contribution in [1.82, 2.24) is 29.5 Å². The van der Waals surface area contributed by atoms with Gasteiger partial charge in [-0.05, 0) is 157 Å². The minimum absolute atomic E-state index is 0.157. The van der Waals surface area contributed by atoms with E-state index in [9.17, 15) is 14.4 Å². The van der Waals surface area contributed by atoms with Crippen molar-refractivity contribution >= 4 is 17.9 Å². The quantitative estimate of drug-likeness (QED) is 0.0880. The first kappa shape index (κ1) is 46.8. The normalized spacial score (nSPS) is 18.3. The van der Waals surface area contributed by atoms with Gasteiger partial charge in [-0.25, -0.2) is 24.1 Å². The van der Waals surface area contributed by atoms with Crippen LogP contribution in [0.5, 0.6) is 23.0 Å². The summed E-state index contributed by atoms with van der Waals surface area (Å²) in [5.41, 5.74) is 21.4. The molecule has 2 atom stereocenters. The molecule has 2 unspecified atom stereocenters. The van der Waals surface area contributed by atoms with Gasteiger partial charge in [0, 0.05) is 49.1 Å². The van der Waals surface area contributed by atoms with Gasteiger partial charge in [-0.3, -0.25) is 9.59 Å². The Morgan fingerprint density at radius 2 is 0.957 bits per heavy atom. The van der Waals surface area contributed by atoms with Crippen molar-refractivity contribution in [2.45, 2.75) is 76.7 Å². The fourth-order valence-corrected chi connectivity index (χ4v) is 10.0. The summed E-state index contributed by atoms with van der Waals surface area (Å²) in [6.45, 7) is 10.5. The Morgan fingerprint density at radius 3 is 1.36 bits per heavy atom. The van der Waals surface area contributed by atoms with Crippen molar-refractivity contribution in [3.05, 3.63) is 132 Å². The average molecular weight is 935 g/mol. The maximum absolute atomic E-state index is 12.6. The number of carbonyl (C=O) groups is 3. The number of ether oxygens (including phenoxy) is 3. The molecule has 0 saturated carbocycles. The zero-order chi connectivity index (χ0) is 48.1. The fraction of sp³-hybridized carbons (Fsp3) is 0.377. The number of hydrogen-bond donors (Lipinski definition) is 5. The lowest BCUT2D eigenvalue weighted by molar-refractivity contribution is 0.0170. The van der Waals surface area contributed by atoms with E-state index in [0.717, 1.165) is 98.2 Å². The molecule has 360 valence electrons. The van der Waals surface area contributed by atoms with Gasteiger partial charge in [0.25, 0.3) is 11.8 Å². The predicted molar refractivity (Wildman–Crippen MR) is 265 cm³/mol. The maximum Gasteiger partial charge on any atom is 0.410 e. The number of amides is 3. The highest BCUT2D eigenvalue weighted by atomic mass is 16.6. The summed E-state index contributed by atoms with van der Waals surface area (Å²) in [5, 5.41) is 3.43. The number of aromatic nitrogens is 4. The van der Waals surface area contributed by atoms with E-state index < -0.39 is 17.4 Å². The minimum atomic E-state index is -0.531. The third-order valence-corrected chi connectivity index (χ3v) is 13.3. The van der Waals surface area contributed by atoms with E-state index in [-0.39, 0.29) is 12.0 Å². The second kappa shape index (κ2) is 20.5. The minimum Gasteiger partial charge on any atom is -0.457 e. The highest BCUT2D eigenvalue weighted by Gasteiger charge is 2.38. The number of nitrogens with one attached hydrogen (secondary N) is 3. The summed E-state index contributed by atoms with van der Waals surface area (Å²) in [5.74, 6) is 5.08.